The number of ketones is 1. The van der Waals surface area contributed by atoms with Crippen molar-refractivity contribution in [3.05, 3.63) is 113 Å². The maximum atomic E-state index is 13.5. The summed E-state index contributed by atoms with van der Waals surface area (Å²) in [6.07, 6.45) is -5.00. The second-order valence-electron chi connectivity index (χ2n) is 8.63. The Kier molecular flexibility index (Phi) is 5.44. The van der Waals surface area contributed by atoms with Gasteiger partial charge in [0.25, 0.3) is 5.91 Å². The molecule has 1 heterocycles. The van der Waals surface area contributed by atoms with Gasteiger partial charge in [-0.3, -0.25) is 9.59 Å². The molecule has 0 spiro atoms. The molecule has 4 aromatic carbocycles. The molecular weight excluding hydrogens is 455 g/mol. The predicted molar refractivity (Wildman–Crippen MR) is 126 cm³/mol. The van der Waals surface area contributed by atoms with E-state index >= 15 is 0 Å². The van der Waals surface area contributed by atoms with Crippen LogP contribution in [0.3, 0.4) is 0 Å². The van der Waals surface area contributed by atoms with Gasteiger partial charge in [-0.15, -0.1) is 0 Å². The average Bonchev–Trinajstić information content (AvgIpc) is 3.05. The number of rotatable bonds is 5. The van der Waals surface area contributed by atoms with Crippen molar-refractivity contribution in [1.29, 1.82) is 0 Å². The second-order valence-corrected chi connectivity index (χ2v) is 8.63. The Bertz CT molecular complexity index is 1460. The van der Waals surface area contributed by atoms with E-state index in [2.05, 4.69) is 0 Å². The number of para-hydroxylation sites is 1. The Morgan fingerprint density at radius 3 is 2.34 bits per heavy atom. The maximum Gasteiger partial charge on any atom is 0.416 e. The number of benzene rings is 4. The minimum absolute atomic E-state index is 0.174. The molecule has 4 nitrogen and oxygen atoms in total. The van der Waals surface area contributed by atoms with Gasteiger partial charge in [0, 0.05) is 11.1 Å². The summed E-state index contributed by atoms with van der Waals surface area (Å²) in [5.41, 5.74) is -1.71. The van der Waals surface area contributed by atoms with E-state index in [1.807, 2.05) is 24.3 Å². The lowest BCUT2D eigenvalue weighted by molar-refractivity contribution is -0.137. The maximum absolute atomic E-state index is 13.5. The summed E-state index contributed by atoms with van der Waals surface area (Å²) in [7, 11) is 0. The summed E-state index contributed by atoms with van der Waals surface area (Å²) >= 11 is 0. The molecule has 0 saturated heterocycles. The summed E-state index contributed by atoms with van der Waals surface area (Å²) in [5, 5.41) is 13.3. The van der Waals surface area contributed by atoms with Crippen molar-refractivity contribution in [2.45, 2.75) is 24.7 Å². The van der Waals surface area contributed by atoms with Crippen molar-refractivity contribution >= 4 is 28.2 Å². The molecule has 0 saturated carbocycles. The van der Waals surface area contributed by atoms with Crippen LogP contribution in [-0.4, -0.2) is 16.8 Å². The number of anilines is 1. The number of amides is 1. The first kappa shape index (κ1) is 22.8. The smallest absolute Gasteiger partial charge is 0.375 e. The van der Waals surface area contributed by atoms with Gasteiger partial charge in [-0.1, -0.05) is 66.7 Å². The molecular formula is C28H20F3NO3. The first-order chi connectivity index (χ1) is 16.7. The van der Waals surface area contributed by atoms with E-state index in [-0.39, 0.29) is 17.7 Å². The van der Waals surface area contributed by atoms with Crippen LogP contribution in [0.25, 0.3) is 10.8 Å². The lowest BCUT2D eigenvalue weighted by Gasteiger charge is -2.23. The summed E-state index contributed by atoms with van der Waals surface area (Å²) in [4.78, 5) is 27.9. The van der Waals surface area contributed by atoms with Crippen LogP contribution in [0.2, 0.25) is 0 Å². The summed E-state index contributed by atoms with van der Waals surface area (Å²) < 4.78 is 39.5. The number of nitrogens with zero attached hydrogens (tertiary/aromatic N) is 1. The fourth-order valence-corrected chi connectivity index (χ4v) is 4.56. The van der Waals surface area contributed by atoms with Crippen LogP contribution in [-0.2, 0) is 23.1 Å². The molecule has 0 unspecified atom stereocenters. The normalized spacial score (nSPS) is 17.6. The van der Waals surface area contributed by atoms with E-state index in [1.165, 1.54) is 17.0 Å². The van der Waals surface area contributed by atoms with E-state index in [0.29, 0.717) is 11.3 Å². The monoisotopic (exact) mass is 475 g/mol. The molecule has 1 aliphatic rings. The van der Waals surface area contributed by atoms with Gasteiger partial charge in [0.05, 0.1) is 24.2 Å². The third-order valence-electron chi connectivity index (χ3n) is 6.32. The zero-order valence-electron chi connectivity index (χ0n) is 18.4. The van der Waals surface area contributed by atoms with E-state index in [1.54, 1.807) is 42.5 Å². The number of carbonyl (C=O) groups excluding carboxylic acids is 2. The third kappa shape index (κ3) is 4.08. The van der Waals surface area contributed by atoms with Crippen LogP contribution >= 0.6 is 0 Å². The second kappa shape index (κ2) is 8.36. The summed E-state index contributed by atoms with van der Waals surface area (Å²) in [5.74, 6) is -1.16. The van der Waals surface area contributed by atoms with Gasteiger partial charge in [-0.25, -0.2) is 0 Å². The van der Waals surface area contributed by atoms with Crippen molar-refractivity contribution in [3.8, 4) is 0 Å². The predicted octanol–water partition coefficient (Wildman–Crippen LogP) is 5.87. The van der Waals surface area contributed by atoms with Gasteiger partial charge in [0.2, 0.25) is 0 Å². The Labute approximate surface area is 199 Å². The molecule has 0 radical (unpaired) electrons. The molecule has 0 aromatic heterocycles. The van der Waals surface area contributed by atoms with Crippen LogP contribution in [0.1, 0.15) is 33.5 Å². The quantitative estimate of drug-likeness (QED) is 0.368. The average molecular weight is 475 g/mol. The van der Waals surface area contributed by atoms with Crippen molar-refractivity contribution in [3.63, 3.8) is 0 Å². The standard InChI is InChI=1S/C28H20F3NO3/c29-28(30,31)22-9-5-6-18(14-22)17-32-24-11-4-3-10-23(24)27(35,26(32)34)16-25(33)21-13-12-19-7-1-2-8-20(19)15-21/h1-15,35H,16-17H2/t27-/m1/s1. The Morgan fingerprint density at radius 1 is 0.857 bits per heavy atom. The van der Waals surface area contributed by atoms with Gasteiger partial charge in [-0.2, -0.15) is 13.2 Å². The molecule has 1 N–H and O–H groups in total. The highest BCUT2D eigenvalue weighted by Crippen LogP contribution is 2.44. The highest BCUT2D eigenvalue weighted by Gasteiger charge is 2.50. The van der Waals surface area contributed by atoms with Crippen molar-refractivity contribution in [2.75, 3.05) is 4.90 Å². The van der Waals surface area contributed by atoms with Crippen LogP contribution in [0.5, 0.6) is 0 Å². The SMILES string of the molecule is O=C(C[C@]1(O)C(=O)N(Cc2cccc(C(F)(F)F)c2)c2ccccc21)c1ccc2ccccc2c1. The van der Waals surface area contributed by atoms with E-state index in [0.717, 1.165) is 22.9 Å². The van der Waals surface area contributed by atoms with Crippen LogP contribution in [0.4, 0.5) is 18.9 Å². The Morgan fingerprint density at radius 2 is 1.57 bits per heavy atom. The largest absolute Gasteiger partial charge is 0.416 e. The number of halogens is 3. The minimum atomic E-state index is -4.52. The van der Waals surface area contributed by atoms with Gasteiger partial charge in [0.15, 0.2) is 11.4 Å². The molecule has 5 rings (SSSR count). The fourth-order valence-electron chi connectivity index (χ4n) is 4.56. The highest BCUT2D eigenvalue weighted by atomic mass is 19.4. The number of fused-ring (bicyclic) bond motifs is 2. The zero-order valence-corrected chi connectivity index (χ0v) is 18.4. The molecule has 1 aliphatic heterocycles. The van der Waals surface area contributed by atoms with E-state index in [9.17, 15) is 27.9 Å². The molecule has 35 heavy (non-hydrogen) atoms. The lowest BCUT2D eigenvalue weighted by atomic mass is 9.88. The van der Waals surface area contributed by atoms with Gasteiger partial charge in [0.1, 0.15) is 0 Å². The van der Waals surface area contributed by atoms with Crippen LogP contribution in [0.15, 0.2) is 91.0 Å². The Hall–Kier alpha value is -3.97. The third-order valence-corrected chi connectivity index (χ3v) is 6.32. The number of alkyl halides is 3. The fraction of sp³-hybridized carbons (Fsp3) is 0.143. The Balaban J connectivity index is 1.47. The summed E-state index contributed by atoms with van der Waals surface area (Å²) in [6, 6.07) is 23.9. The molecule has 0 aliphatic carbocycles. The van der Waals surface area contributed by atoms with Crippen LogP contribution < -0.4 is 4.90 Å². The molecule has 4 aromatic rings. The van der Waals surface area contributed by atoms with E-state index < -0.39 is 35.5 Å². The van der Waals surface area contributed by atoms with E-state index in [4.69, 9.17) is 0 Å². The number of carbonyl (C=O) groups is 2. The molecule has 0 fully saturated rings. The van der Waals surface area contributed by atoms with Crippen molar-refractivity contribution < 1.29 is 27.9 Å². The first-order valence-corrected chi connectivity index (χ1v) is 11.0. The van der Waals surface area contributed by atoms with Crippen molar-refractivity contribution in [1.82, 2.24) is 0 Å². The lowest BCUT2D eigenvalue weighted by Crippen LogP contribution is -2.41. The molecule has 7 heteroatoms. The van der Waals surface area contributed by atoms with Crippen LogP contribution in [0, 0.1) is 0 Å². The number of aliphatic hydroxyl groups is 1. The number of Topliss-reactive ketones (excluding diaryl/α,β-unsaturated/α-hetero) is 1. The van der Waals surface area contributed by atoms with Gasteiger partial charge >= 0.3 is 6.18 Å². The molecule has 1 amide bonds. The van der Waals surface area contributed by atoms with Gasteiger partial charge in [-0.05, 0) is 40.6 Å². The van der Waals surface area contributed by atoms with Gasteiger partial charge < -0.3 is 10.0 Å². The summed E-state index contributed by atoms with van der Waals surface area (Å²) in [6.45, 7) is -0.174. The van der Waals surface area contributed by atoms with Crippen molar-refractivity contribution in [2.24, 2.45) is 0 Å². The zero-order chi connectivity index (χ0) is 24.8. The topological polar surface area (TPSA) is 57.6 Å². The molecule has 1 atom stereocenters. The minimum Gasteiger partial charge on any atom is -0.375 e. The molecule has 0 bridgehead atoms. The highest BCUT2D eigenvalue weighted by molar-refractivity contribution is 6.11. The first-order valence-electron chi connectivity index (χ1n) is 11.0. The molecule has 176 valence electrons. The number of hydrogen-bond acceptors (Lipinski definition) is 3. The number of hydrogen-bond donors (Lipinski definition) is 1.